The molecule has 0 unspecified atom stereocenters. The number of aromatic nitrogens is 1. The molecule has 0 bridgehead atoms. The van der Waals surface area contributed by atoms with Crippen molar-refractivity contribution in [2.45, 2.75) is 13.3 Å². The SMILES string of the molecule is C=CCNc1nc(C(=O)OCC(=O)NCCC)cs1. The van der Waals surface area contributed by atoms with E-state index in [4.69, 9.17) is 4.74 Å². The molecule has 0 aliphatic rings. The van der Waals surface area contributed by atoms with Crippen LogP contribution in [0.3, 0.4) is 0 Å². The Hall–Kier alpha value is -1.89. The maximum absolute atomic E-state index is 11.6. The normalized spacial score (nSPS) is 9.74. The van der Waals surface area contributed by atoms with E-state index in [1.807, 2.05) is 6.92 Å². The number of nitrogens with zero attached hydrogens (tertiary/aromatic N) is 1. The molecule has 1 heterocycles. The molecule has 0 aliphatic carbocycles. The monoisotopic (exact) mass is 283 g/mol. The highest BCUT2D eigenvalue weighted by Crippen LogP contribution is 2.15. The number of anilines is 1. The molecule has 0 aliphatic heterocycles. The predicted molar refractivity (Wildman–Crippen MR) is 74.4 cm³/mol. The van der Waals surface area contributed by atoms with Gasteiger partial charge in [-0.25, -0.2) is 9.78 Å². The predicted octanol–water partition coefficient (Wildman–Crippen LogP) is 1.42. The summed E-state index contributed by atoms with van der Waals surface area (Å²) >= 11 is 1.29. The van der Waals surface area contributed by atoms with Crippen LogP contribution >= 0.6 is 11.3 Å². The van der Waals surface area contributed by atoms with Crippen LogP contribution in [0.2, 0.25) is 0 Å². The largest absolute Gasteiger partial charge is 0.451 e. The maximum Gasteiger partial charge on any atom is 0.358 e. The van der Waals surface area contributed by atoms with Gasteiger partial charge in [-0.3, -0.25) is 4.79 Å². The van der Waals surface area contributed by atoms with Crippen molar-refractivity contribution < 1.29 is 14.3 Å². The second-order valence-electron chi connectivity index (χ2n) is 3.63. The molecule has 0 saturated heterocycles. The number of thiazole rings is 1. The van der Waals surface area contributed by atoms with E-state index < -0.39 is 5.97 Å². The zero-order valence-corrected chi connectivity index (χ0v) is 11.6. The minimum Gasteiger partial charge on any atom is -0.451 e. The lowest BCUT2D eigenvalue weighted by Gasteiger charge is -2.03. The van der Waals surface area contributed by atoms with E-state index in [1.54, 1.807) is 11.5 Å². The average Bonchev–Trinajstić information content (AvgIpc) is 2.89. The van der Waals surface area contributed by atoms with Gasteiger partial charge in [-0.15, -0.1) is 17.9 Å². The smallest absolute Gasteiger partial charge is 0.358 e. The number of amides is 1. The van der Waals surface area contributed by atoms with Crippen molar-refractivity contribution >= 4 is 28.3 Å². The van der Waals surface area contributed by atoms with Crippen LogP contribution in [0.1, 0.15) is 23.8 Å². The minimum absolute atomic E-state index is 0.194. The van der Waals surface area contributed by atoms with Crippen molar-refractivity contribution in [3.05, 3.63) is 23.7 Å². The van der Waals surface area contributed by atoms with Crippen molar-refractivity contribution in [1.82, 2.24) is 10.3 Å². The zero-order chi connectivity index (χ0) is 14.1. The molecule has 1 aromatic heterocycles. The second kappa shape index (κ2) is 8.25. The van der Waals surface area contributed by atoms with E-state index in [1.165, 1.54) is 11.3 Å². The summed E-state index contributed by atoms with van der Waals surface area (Å²) in [4.78, 5) is 26.9. The fourth-order valence-corrected chi connectivity index (χ4v) is 1.82. The Morgan fingerprint density at radius 3 is 3.05 bits per heavy atom. The first kappa shape index (κ1) is 15.2. The molecule has 0 aromatic carbocycles. The highest BCUT2D eigenvalue weighted by Gasteiger charge is 2.13. The Labute approximate surface area is 115 Å². The summed E-state index contributed by atoms with van der Waals surface area (Å²) in [6.45, 7) is 6.37. The van der Waals surface area contributed by atoms with Gasteiger partial charge in [0.25, 0.3) is 5.91 Å². The van der Waals surface area contributed by atoms with Gasteiger partial charge in [0.1, 0.15) is 0 Å². The third kappa shape index (κ3) is 5.52. The Bertz CT molecular complexity index is 445. The molecule has 0 saturated carbocycles. The standard InChI is InChI=1S/C12H17N3O3S/c1-3-5-13-10(16)7-18-11(17)9-8-19-12(15-9)14-6-4-2/h4,8H,2-3,5-7H2,1H3,(H,13,16)(H,14,15). The van der Waals surface area contributed by atoms with Gasteiger partial charge in [0.2, 0.25) is 0 Å². The number of esters is 1. The van der Waals surface area contributed by atoms with Crippen LogP contribution in [-0.4, -0.2) is 36.6 Å². The summed E-state index contributed by atoms with van der Waals surface area (Å²) in [6.07, 6.45) is 2.53. The molecular weight excluding hydrogens is 266 g/mol. The van der Waals surface area contributed by atoms with E-state index in [-0.39, 0.29) is 18.2 Å². The number of carbonyl (C=O) groups excluding carboxylic acids is 2. The first-order chi connectivity index (χ1) is 9.17. The van der Waals surface area contributed by atoms with Gasteiger partial charge in [0.15, 0.2) is 17.4 Å². The van der Waals surface area contributed by atoms with Crippen LogP contribution in [0, 0.1) is 0 Å². The van der Waals surface area contributed by atoms with Crippen molar-refractivity contribution in [2.24, 2.45) is 0 Å². The van der Waals surface area contributed by atoms with E-state index in [2.05, 4.69) is 22.2 Å². The summed E-state index contributed by atoms with van der Waals surface area (Å²) in [5.41, 5.74) is 0.194. The first-order valence-corrected chi connectivity index (χ1v) is 6.79. The van der Waals surface area contributed by atoms with E-state index in [9.17, 15) is 9.59 Å². The quantitative estimate of drug-likeness (QED) is 0.557. The molecule has 2 N–H and O–H groups in total. The van der Waals surface area contributed by atoms with Crippen LogP contribution in [-0.2, 0) is 9.53 Å². The molecule has 0 fully saturated rings. The van der Waals surface area contributed by atoms with Crippen molar-refractivity contribution in [3.63, 3.8) is 0 Å². The van der Waals surface area contributed by atoms with Gasteiger partial charge in [0, 0.05) is 18.5 Å². The van der Waals surface area contributed by atoms with Gasteiger partial charge in [-0.1, -0.05) is 13.0 Å². The molecular formula is C12H17N3O3S. The number of hydrogen-bond acceptors (Lipinski definition) is 6. The van der Waals surface area contributed by atoms with Gasteiger partial charge in [-0.05, 0) is 6.42 Å². The van der Waals surface area contributed by atoms with E-state index in [0.29, 0.717) is 18.2 Å². The number of ether oxygens (including phenoxy) is 1. The minimum atomic E-state index is -0.602. The highest BCUT2D eigenvalue weighted by atomic mass is 32.1. The molecule has 7 heteroatoms. The van der Waals surface area contributed by atoms with Crippen LogP contribution < -0.4 is 10.6 Å². The topological polar surface area (TPSA) is 80.3 Å². The lowest BCUT2D eigenvalue weighted by atomic mass is 10.4. The van der Waals surface area contributed by atoms with Crippen LogP contribution in [0.4, 0.5) is 5.13 Å². The molecule has 104 valence electrons. The summed E-state index contributed by atoms with van der Waals surface area (Å²) < 4.78 is 4.85. The molecule has 1 aromatic rings. The third-order valence-corrected chi connectivity index (χ3v) is 2.82. The number of rotatable bonds is 8. The molecule has 19 heavy (non-hydrogen) atoms. The highest BCUT2D eigenvalue weighted by molar-refractivity contribution is 7.13. The van der Waals surface area contributed by atoms with Gasteiger partial charge < -0.3 is 15.4 Å². The molecule has 6 nitrogen and oxygen atoms in total. The lowest BCUT2D eigenvalue weighted by molar-refractivity contribution is -0.124. The third-order valence-electron chi connectivity index (χ3n) is 2.02. The Balaban J connectivity index is 2.38. The Morgan fingerprint density at radius 1 is 1.58 bits per heavy atom. The summed E-state index contributed by atoms with van der Waals surface area (Å²) in [5, 5.41) is 7.77. The molecule has 1 amide bonds. The number of nitrogens with one attached hydrogen (secondary N) is 2. The summed E-state index contributed by atoms with van der Waals surface area (Å²) in [6, 6.07) is 0. The number of carbonyl (C=O) groups is 2. The molecule has 1 rings (SSSR count). The fourth-order valence-electron chi connectivity index (χ4n) is 1.13. The zero-order valence-electron chi connectivity index (χ0n) is 10.8. The molecule has 0 radical (unpaired) electrons. The van der Waals surface area contributed by atoms with Crippen LogP contribution in [0.5, 0.6) is 0 Å². The lowest BCUT2D eigenvalue weighted by Crippen LogP contribution is -2.29. The average molecular weight is 283 g/mol. The van der Waals surface area contributed by atoms with Gasteiger partial charge in [0.05, 0.1) is 0 Å². The number of hydrogen-bond donors (Lipinski definition) is 2. The van der Waals surface area contributed by atoms with Crippen LogP contribution in [0.25, 0.3) is 0 Å². The van der Waals surface area contributed by atoms with Crippen LogP contribution in [0.15, 0.2) is 18.0 Å². The van der Waals surface area contributed by atoms with Crippen molar-refractivity contribution in [1.29, 1.82) is 0 Å². The van der Waals surface area contributed by atoms with Crippen molar-refractivity contribution in [2.75, 3.05) is 25.0 Å². The van der Waals surface area contributed by atoms with Gasteiger partial charge >= 0.3 is 5.97 Å². The second-order valence-corrected chi connectivity index (χ2v) is 4.49. The summed E-state index contributed by atoms with van der Waals surface area (Å²) in [5.74, 6) is -0.912. The van der Waals surface area contributed by atoms with E-state index >= 15 is 0 Å². The Morgan fingerprint density at radius 2 is 2.37 bits per heavy atom. The molecule has 0 atom stereocenters. The van der Waals surface area contributed by atoms with Crippen molar-refractivity contribution in [3.8, 4) is 0 Å². The summed E-state index contributed by atoms with van der Waals surface area (Å²) in [7, 11) is 0. The molecule has 0 spiro atoms. The van der Waals surface area contributed by atoms with E-state index in [0.717, 1.165) is 6.42 Å². The van der Waals surface area contributed by atoms with Gasteiger partial charge in [-0.2, -0.15) is 0 Å². The Kier molecular flexibility index (Phi) is 6.59. The first-order valence-electron chi connectivity index (χ1n) is 5.91. The fraction of sp³-hybridized carbons (Fsp3) is 0.417. The maximum atomic E-state index is 11.6.